The fraction of sp³-hybridized carbons (Fsp3) is 0.519. The second-order valence-electron chi connectivity index (χ2n) is 9.06. The quantitative estimate of drug-likeness (QED) is 0.245. The van der Waals surface area contributed by atoms with E-state index in [1.807, 2.05) is 38.1 Å². The Morgan fingerprint density at radius 3 is 2.35 bits per heavy atom. The Morgan fingerprint density at radius 2 is 1.73 bits per heavy atom. The highest BCUT2D eigenvalue weighted by Crippen LogP contribution is 2.14. The van der Waals surface area contributed by atoms with Gasteiger partial charge < -0.3 is 25.6 Å². The van der Waals surface area contributed by atoms with E-state index in [-0.39, 0.29) is 24.5 Å². The van der Waals surface area contributed by atoms with E-state index >= 15 is 0 Å². The third kappa shape index (κ3) is 10.7. The summed E-state index contributed by atoms with van der Waals surface area (Å²) in [6, 6.07) is 13.5. The number of aromatic hydroxyl groups is 1. The molecule has 0 aliphatic carbocycles. The SMILES string of the molecule is CCCN(CCC)S(=O)(=O)CCC(=O)NC(Cc1ccc(O)cc1)C(O)CNCc1cccc(OC)c1. The summed E-state index contributed by atoms with van der Waals surface area (Å²) in [7, 11) is -1.95. The number of phenols is 1. The zero-order valence-corrected chi connectivity index (χ0v) is 22.8. The number of carbonyl (C=O) groups excluding carboxylic acids is 1. The number of rotatable bonds is 17. The van der Waals surface area contributed by atoms with E-state index in [0.29, 0.717) is 38.9 Å². The molecule has 0 fully saturated rings. The van der Waals surface area contributed by atoms with Crippen molar-refractivity contribution in [3.05, 3.63) is 59.7 Å². The van der Waals surface area contributed by atoms with Gasteiger partial charge in [-0.05, 0) is 54.7 Å². The van der Waals surface area contributed by atoms with Gasteiger partial charge in [-0.3, -0.25) is 4.79 Å². The number of sulfonamides is 1. The smallest absolute Gasteiger partial charge is 0.221 e. The molecule has 2 atom stereocenters. The molecule has 0 heterocycles. The molecule has 2 rings (SSSR count). The molecule has 0 aliphatic rings. The van der Waals surface area contributed by atoms with E-state index in [2.05, 4.69) is 10.6 Å². The maximum Gasteiger partial charge on any atom is 0.221 e. The summed E-state index contributed by atoms with van der Waals surface area (Å²) in [4.78, 5) is 12.8. The van der Waals surface area contributed by atoms with Gasteiger partial charge in [-0.25, -0.2) is 12.7 Å². The van der Waals surface area contributed by atoms with Crippen LogP contribution in [0.15, 0.2) is 48.5 Å². The minimum absolute atomic E-state index is 0.124. The maximum absolute atomic E-state index is 12.8. The number of amides is 1. The summed E-state index contributed by atoms with van der Waals surface area (Å²) in [6.07, 6.45) is 0.599. The maximum atomic E-state index is 12.8. The summed E-state index contributed by atoms with van der Waals surface area (Å²) >= 11 is 0. The molecule has 1 amide bonds. The van der Waals surface area contributed by atoms with Crippen molar-refractivity contribution in [1.82, 2.24) is 14.9 Å². The summed E-state index contributed by atoms with van der Waals surface area (Å²) in [5, 5.41) is 26.5. The first kappa shape index (κ1) is 30.6. The molecule has 9 nitrogen and oxygen atoms in total. The molecule has 206 valence electrons. The van der Waals surface area contributed by atoms with E-state index in [0.717, 1.165) is 16.9 Å². The molecule has 2 aromatic carbocycles. The summed E-state index contributed by atoms with van der Waals surface area (Å²) in [6.45, 7) is 5.40. The highest BCUT2D eigenvalue weighted by molar-refractivity contribution is 7.89. The van der Waals surface area contributed by atoms with Gasteiger partial charge in [0.25, 0.3) is 0 Å². The second kappa shape index (κ2) is 15.6. The molecular formula is C27H41N3O6S. The second-order valence-corrected chi connectivity index (χ2v) is 11.1. The van der Waals surface area contributed by atoms with Crippen LogP contribution in [0, 0.1) is 0 Å². The number of aliphatic hydroxyl groups excluding tert-OH is 1. The van der Waals surface area contributed by atoms with Gasteiger partial charge in [0.1, 0.15) is 11.5 Å². The van der Waals surface area contributed by atoms with E-state index in [1.165, 1.54) is 4.31 Å². The van der Waals surface area contributed by atoms with E-state index < -0.39 is 28.1 Å². The van der Waals surface area contributed by atoms with Crippen LogP contribution in [0.1, 0.15) is 44.2 Å². The fourth-order valence-electron chi connectivity index (χ4n) is 3.98. The number of aliphatic hydroxyl groups is 1. The molecule has 0 aromatic heterocycles. The first-order valence-corrected chi connectivity index (χ1v) is 14.4. The van der Waals surface area contributed by atoms with Gasteiger partial charge in [0, 0.05) is 32.6 Å². The summed E-state index contributed by atoms with van der Waals surface area (Å²) < 4.78 is 32.1. The number of nitrogens with one attached hydrogen (secondary N) is 2. The third-order valence-electron chi connectivity index (χ3n) is 5.95. The molecule has 37 heavy (non-hydrogen) atoms. The van der Waals surface area contributed by atoms with Crippen molar-refractivity contribution in [1.29, 1.82) is 0 Å². The summed E-state index contributed by atoms with van der Waals surface area (Å²) in [5.74, 6) is 0.143. The van der Waals surface area contributed by atoms with Crippen LogP contribution in [0.3, 0.4) is 0 Å². The Hall–Kier alpha value is -2.66. The van der Waals surface area contributed by atoms with Crippen molar-refractivity contribution < 1.29 is 28.2 Å². The van der Waals surface area contributed by atoms with Gasteiger partial charge in [-0.1, -0.05) is 38.1 Å². The number of ether oxygens (including phenoxy) is 1. The molecule has 0 saturated carbocycles. The number of hydrogen-bond donors (Lipinski definition) is 4. The van der Waals surface area contributed by atoms with Crippen LogP contribution in [-0.4, -0.2) is 73.5 Å². The molecule has 2 unspecified atom stereocenters. The Morgan fingerprint density at radius 1 is 1.05 bits per heavy atom. The lowest BCUT2D eigenvalue weighted by atomic mass is 10.0. The Kier molecular flexibility index (Phi) is 12.9. The number of phenolic OH excluding ortho intramolecular Hbond substituents is 1. The first-order valence-electron chi connectivity index (χ1n) is 12.7. The molecule has 0 radical (unpaired) electrons. The molecule has 0 spiro atoms. The lowest BCUT2D eigenvalue weighted by Crippen LogP contribution is -2.49. The van der Waals surface area contributed by atoms with Crippen molar-refractivity contribution in [3.8, 4) is 11.5 Å². The minimum Gasteiger partial charge on any atom is -0.508 e. The Bertz CT molecular complexity index is 1060. The van der Waals surface area contributed by atoms with Crippen LogP contribution in [0.5, 0.6) is 11.5 Å². The molecule has 10 heteroatoms. The molecule has 0 aliphatic heterocycles. The Balaban J connectivity index is 2.02. The molecular weight excluding hydrogens is 494 g/mol. The lowest BCUT2D eigenvalue weighted by molar-refractivity contribution is -0.122. The number of benzene rings is 2. The fourth-order valence-corrected chi connectivity index (χ4v) is 5.60. The van der Waals surface area contributed by atoms with Crippen molar-refractivity contribution in [3.63, 3.8) is 0 Å². The number of hydrogen-bond acceptors (Lipinski definition) is 7. The van der Waals surface area contributed by atoms with Gasteiger partial charge >= 0.3 is 0 Å². The largest absolute Gasteiger partial charge is 0.508 e. The van der Waals surface area contributed by atoms with Crippen LogP contribution < -0.4 is 15.4 Å². The van der Waals surface area contributed by atoms with Crippen LogP contribution in [0.2, 0.25) is 0 Å². The van der Waals surface area contributed by atoms with Gasteiger partial charge in [0.2, 0.25) is 15.9 Å². The van der Waals surface area contributed by atoms with E-state index in [1.54, 1.807) is 31.4 Å². The van der Waals surface area contributed by atoms with E-state index in [9.17, 15) is 23.4 Å². The van der Waals surface area contributed by atoms with Crippen LogP contribution in [-0.2, 0) is 27.8 Å². The topological polar surface area (TPSA) is 128 Å². The number of methoxy groups -OCH3 is 1. The van der Waals surface area contributed by atoms with Crippen molar-refractivity contribution >= 4 is 15.9 Å². The molecule has 2 aromatic rings. The first-order chi connectivity index (χ1) is 17.7. The average Bonchev–Trinajstić information content (AvgIpc) is 2.88. The normalized spacial score (nSPS) is 13.3. The van der Waals surface area contributed by atoms with Gasteiger partial charge in [0.15, 0.2) is 0 Å². The average molecular weight is 536 g/mol. The Labute approximate surface area is 220 Å². The monoisotopic (exact) mass is 535 g/mol. The van der Waals surface area contributed by atoms with Crippen LogP contribution in [0.4, 0.5) is 0 Å². The predicted octanol–water partition coefficient (Wildman–Crippen LogP) is 2.42. The van der Waals surface area contributed by atoms with E-state index in [4.69, 9.17) is 4.74 Å². The van der Waals surface area contributed by atoms with Crippen LogP contribution in [0.25, 0.3) is 0 Å². The van der Waals surface area contributed by atoms with Gasteiger partial charge in [-0.2, -0.15) is 0 Å². The van der Waals surface area contributed by atoms with Crippen LogP contribution >= 0.6 is 0 Å². The zero-order valence-electron chi connectivity index (χ0n) is 22.0. The predicted molar refractivity (Wildman–Crippen MR) is 145 cm³/mol. The highest BCUT2D eigenvalue weighted by atomic mass is 32.2. The van der Waals surface area contributed by atoms with Gasteiger partial charge in [-0.15, -0.1) is 0 Å². The van der Waals surface area contributed by atoms with Crippen molar-refractivity contribution in [2.45, 2.75) is 58.2 Å². The van der Waals surface area contributed by atoms with Crippen molar-refractivity contribution in [2.75, 3.05) is 32.5 Å². The highest BCUT2D eigenvalue weighted by Gasteiger charge is 2.25. The molecule has 0 bridgehead atoms. The lowest BCUT2D eigenvalue weighted by Gasteiger charge is -2.25. The number of carbonyl (C=O) groups is 1. The standard InChI is InChI=1S/C27H41N3O6S/c1-4-14-30(15-5-2)37(34,35)16-13-27(33)29-25(18-21-9-11-23(31)12-10-21)26(32)20-28-19-22-7-6-8-24(17-22)36-3/h6-12,17,25-26,28,31-32H,4-5,13-16,18-20H2,1-3H3,(H,29,33). The number of nitrogens with zero attached hydrogens (tertiary/aromatic N) is 1. The third-order valence-corrected chi connectivity index (χ3v) is 7.82. The zero-order chi connectivity index (χ0) is 27.3. The van der Waals surface area contributed by atoms with Gasteiger partial charge in [0.05, 0.1) is 25.0 Å². The summed E-state index contributed by atoms with van der Waals surface area (Å²) in [5.41, 5.74) is 1.80. The molecule has 4 N–H and O–H groups in total. The minimum atomic E-state index is -3.55. The van der Waals surface area contributed by atoms with Crippen molar-refractivity contribution in [2.24, 2.45) is 0 Å². The molecule has 0 saturated heterocycles.